The number of nitrogens with zero attached hydrogens (tertiary/aromatic N) is 4. The van der Waals surface area contributed by atoms with Crippen LogP contribution in [0.5, 0.6) is 5.88 Å². The zero-order valence-corrected chi connectivity index (χ0v) is 18.6. The van der Waals surface area contributed by atoms with E-state index in [2.05, 4.69) is 15.3 Å². The Kier molecular flexibility index (Phi) is 6.71. The van der Waals surface area contributed by atoms with Gasteiger partial charge in [0, 0.05) is 34.8 Å². The summed E-state index contributed by atoms with van der Waals surface area (Å²) in [7, 11) is 1.43. The fourth-order valence-electron chi connectivity index (χ4n) is 3.39. The van der Waals surface area contributed by atoms with E-state index in [1.165, 1.54) is 48.5 Å². The molecule has 0 saturated carbocycles. The predicted molar refractivity (Wildman–Crippen MR) is 122 cm³/mol. The van der Waals surface area contributed by atoms with Gasteiger partial charge in [-0.25, -0.2) is 14.4 Å². The van der Waals surface area contributed by atoms with E-state index in [9.17, 15) is 19.5 Å². The Balaban J connectivity index is 1.61. The predicted octanol–water partition coefficient (Wildman–Crippen LogP) is 2.96. The maximum atomic E-state index is 13.9. The number of aliphatic hydroxyl groups is 1. The normalized spacial score (nSPS) is 11.8. The second-order valence-corrected chi connectivity index (χ2v) is 7.63. The van der Waals surface area contributed by atoms with Gasteiger partial charge in [-0.15, -0.1) is 0 Å². The summed E-state index contributed by atoms with van der Waals surface area (Å²) in [6.45, 7) is -0.406. The van der Waals surface area contributed by atoms with E-state index in [1.807, 2.05) is 0 Å². The summed E-state index contributed by atoms with van der Waals surface area (Å²) in [5.41, 5.74) is 1.61. The summed E-state index contributed by atoms with van der Waals surface area (Å²) in [4.78, 5) is 21.5. The van der Waals surface area contributed by atoms with Gasteiger partial charge in [0.2, 0.25) is 12.1 Å². The first-order valence-electron chi connectivity index (χ1n) is 10.1. The van der Waals surface area contributed by atoms with Gasteiger partial charge in [0.05, 0.1) is 42.2 Å². The van der Waals surface area contributed by atoms with Gasteiger partial charge in [0.25, 0.3) is 5.56 Å². The molecule has 34 heavy (non-hydrogen) atoms. The molecule has 174 valence electrons. The highest BCUT2D eigenvalue weighted by atomic mass is 35.5. The van der Waals surface area contributed by atoms with Crippen molar-refractivity contribution in [2.45, 2.75) is 6.04 Å². The Morgan fingerprint density at radius 2 is 2.06 bits per heavy atom. The van der Waals surface area contributed by atoms with Gasteiger partial charge < -0.3 is 19.7 Å². The van der Waals surface area contributed by atoms with E-state index in [1.54, 1.807) is 30.3 Å². The molecule has 0 bridgehead atoms. The van der Waals surface area contributed by atoms with Crippen LogP contribution in [0.4, 0.5) is 16.0 Å². The molecule has 0 aliphatic rings. The van der Waals surface area contributed by atoms with Crippen molar-refractivity contribution in [2.75, 3.05) is 19.0 Å². The highest BCUT2D eigenvalue weighted by Crippen LogP contribution is 2.24. The van der Waals surface area contributed by atoms with Crippen LogP contribution in [0, 0.1) is 5.82 Å². The summed E-state index contributed by atoms with van der Waals surface area (Å²) >= 11 is 5.74. The van der Waals surface area contributed by atoms with Gasteiger partial charge in [-0.2, -0.15) is 0 Å². The number of rotatable bonds is 7. The maximum Gasteiger partial charge on any atom is 0.418 e. The minimum Gasteiger partial charge on any atom is -0.445 e. The van der Waals surface area contributed by atoms with Crippen molar-refractivity contribution < 1.29 is 24.2 Å². The molecule has 1 atom stereocenters. The first-order valence-corrected chi connectivity index (χ1v) is 10.4. The largest absolute Gasteiger partial charge is 0.445 e. The quantitative estimate of drug-likeness (QED) is 0.273. The number of benzene rings is 1. The van der Waals surface area contributed by atoms with E-state index in [0.717, 1.165) is 4.73 Å². The molecule has 9 nitrogen and oxygen atoms in total. The zero-order chi connectivity index (χ0) is 24.2. The van der Waals surface area contributed by atoms with Gasteiger partial charge in [-0.1, -0.05) is 17.7 Å². The summed E-state index contributed by atoms with van der Waals surface area (Å²) in [5, 5.41) is 22.5. The molecule has 0 aliphatic carbocycles. The molecule has 4 aromatic rings. The van der Waals surface area contributed by atoms with Crippen LogP contribution in [-0.4, -0.2) is 38.6 Å². The maximum absolute atomic E-state index is 13.9. The highest BCUT2D eigenvalue weighted by Gasteiger charge is 2.17. The number of hydrogen-bond acceptors (Lipinski definition) is 7. The lowest BCUT2D eigenvalue weighted by Gasteiger charge is -2.18. The second-order valence-electron chi connectivity index (χ2n) is 7.23. The molecular weight excluding hydrogens is 465 g/mol. The number of halogens is 2. The average Bonchev–Trinajstić information content (AvgIpc) is 2.84. The second kappa shape index (κ2) is 9.86. The molecule has 0 spiro atoms. The Morgan fingerprint density at radius 3 is 2.76 bits per heavy atom. The summed E-state index contributed by atoms with van der Waals surface area (Å²) in [6, 6.07) is 11.2. The Hall–Kier alpha value is -4.02. The van der Waals surface area contributed by atoms with Crippen LogP contribution in [-0.2, 0) is 0 Å². The summed E-state index contributed by atoms with van der Waals surface area (Å²) < 4.78 is 21.1. The number of hydrogen-bond donors (Lipinski definition) is 3. The van der Waals surface area contributed by atoms with E-state index < -0.39 is 24.0 Å². The van der Waals surface area contributed by atoms with Crippen molar-refractivity contribution in [3.63, 3.8) is 0 Å². The van der Waals surface area contributed by atoms with E-state index in [4.69, 9.17) is 16.3 Å². The Labute approximate surface area is 198 Å². The molecule has 0 fully saturated rings. The Bertz CT molecular complexity index is 1400. The lowest BCUT2D eigenvalue weighted by Crippen LogP contribution is -2.31. The number of aromatic nitrogens is 4. The van der Waals surface area contributed by atoms with Crippen LogP contribution in [0.2, 0.25) is 5.02 Å². The molecule has 3 aromatic heterocycles. The first-order chi connectivity index (χ1) is 16.4. The fraction of sp³-hybridized carbons (Fsp3) is 0.130. The number of aliphatic hydroxyl groups excluding tert-OH is 1. The van der Waals surface area contributed by atoms with Crippen LogP contribution >= 0.6 is 11.6 Å². The minimum absolute atomic E-state index is 0.0409. The van der Waals surface area contributed by atoms with Gasteiger partial charge in [-0.3, -0.25) is 10.0 Å². The molecule has 1 aromatic carbocycles. The third-order valence-corrected chi connectivity index (χ3v) is 5.41. The minimum atomic E-state index is -0.779. The van der Waals surface area contributed by atoms with Crippen molar-refractivity contribution >= 4 is 23.2 Å². The first kappa shape index (κ1) is 23.1. The molecule has 0 amide bonds. The molecule has 3 heterocycles. The fourth-order valence-corrected chi connectivity index (χ4v) is 3.51. The van der Waals surface area contributed by atoms with Crippen molar-refractivity contribution in [3.05, 3.63) is 93.9 Å². The standard InChI is InChI=1S/C23H19ClFN5O4/c1-34-22-12-16(6-9-30(22)33)27-23-26-7-4-19(28-23)14-5-8-29(21(32)11-14)20(13-31)15-2-3-17(24)18(25)10-15/h2-12,20,31,33H,13H2,1H3/p+1/t20-/m1/s1. The number of methoxy groups -OCH3 is 1. The van der Waals surface area contributed by atoms with Gasteiger partial charge in [0.15, 0.2) is 0 Å². The molecule has 0 radical (unpaired) electrons. The van der Waals surface area contributed by atoms with Crippen LogP contribution in [0.25, 0.3) is 11.3 Å². The zero-order valence-electron chi connectivity index (χ0n) is 17.9. The van der Waals surface area contributed by atoms with Crippen molar-refractivity contribution in [1.29, 1.82) is 0 Å². The van der Waals surface area contributed by atoms with Crippen LogP contribution in [0.15, 0.2) is 71.9 Å². The van der Waals surface area contributed by atoms with Crippen molar-refractivity contribution in [1.82, 2.24) is 14.5 Å². The third kappa shape index (κ3) is 4.82. The number of nitrogens with one attached hydrogen (secondary N) is 1. The molecule has 3 N–H and O–H groups in total. The molecule has 0 aliphatic heterocycles. The smallest absolute Gasteiger partial charge is 0.418 e. The number of anilines is 2. The van der Waals surface area contributed by atoms with E-state index >= 15 is 0 Å². The third-order valence-electron chi connectivity index (χ3n) is 5.10. The molecule has 0 unspecified atom stereocenters. The van der Waals surface area contributed by atoms with Crippen molar-refractivity contribution in [3.8, 4) is 17.1 Å². The van der Waals surface area contributed by atoms with Crippen LogP contribution < -0.4 is 20.3 Å². The number of pyridine rings is 2. The van der Waals surface area contributed by atoms with Crippen LogP contribution in [0.1, 0.15) is 11.6 Å². The van der Waals surface area contributed by atoms with Crippen molar-refractivity contribution in [2.24, 2.45) is 0 Å². The summed E-state index contributed by atoms with van der Waals surface area (Å²) in [6.07, 6.45) is 4.45. The van der Waals surface area contributed by atoms with Gasteiger partial charge in [-0.05, 0) is 29.8 Å². The average molecular weight is 485 g/mol. The topological polar surface area (TPSA) is 113 Å². The molecule has 0 saturated heterocycles. The monoisotopic (exact) mass is 484 g/mol. The van der Waals surface area contributed by atoms with E-state index in [-0.39, 0.29) is 16.9 Å². The van der Waals surface area contributed by atoms with E-state index in [0.29, 0.717) is 22.5 Å². The summed E-state index contributed by atoms with van der Waals surface area (Å²) in [5.74, 6) is -0.152. The van der Waals surface area contributed by atoms with Gasteiger partial charge in [0.1, 0.15) is 5.82 Å². The van der Waals surface area contributed by atoms with Gasteiger partial charge >= 0.3 is 5.88 Å². The lowest BCUT2D eigenvalue weighted by molar-refractivity contribution is -0.906. The molecular formula is C23H20ClFN5O4+. The molecule has 11 heteroatoms. The van der Waals surface area contributed by atoms with Crippen LogP contribution in [0.3, 0.4) is 0 Å². The number of ether oxygens (including phenoxy) is 1. The highest BCUT2D eigenvalue weighted by molar-refractivity contribution is 6.30. The SMILES string of the molecule is COc1cc(Nc2nccc(-c3ccn([C@H](CO)c4ccc(Cl)c(F)c4)c(=O)c3)n2)cc[n+]1O. The molecule has 4 rings (SSSR count). The Morgan fingerprint density at radius 1 is 1.24 bits per heavy atom. The lowest BCUT2D eigenvalue weighted by atomic mass is 10.1.